The van der Waals surface area contributed by atoms with Gasteiger partial charge in [-0.25, -0.2) is 0 Å². The predicted molar refractivity (Wildman–Crippen MR) is 106 cm³/mol. The van der Waals surface area contributed by atoms with Gasteiger partial charge >= 0.3 is 0 Å². The smallest absolute Gasteiger partial charge is 0.285 e. The van der Waals surface area contributed by atoms with Crippen molar-refractivity contribution in [3.63, 3.8) is 0 Å². The van der Waals surface area contributed by atoms with Gasteiger partial charge < -0.3 is 19.7 Å². The topological polar surface area (TPSA) is 54.7 Å². The molecular formula is C21H30N3O3+. The molecule has 1 aromatic heterocycles. The van der Waals surface area contributed by atoms with Gasteiger partial charge in [-0.15, -0.1) is 0 Å². The summed E-state index contributed by atoms with van der Waals surface area (Å²) in [5.41, 5.74) is 2.21. The molecule has 0 aliphatic carbocycles. The molecule has 0 aliphatic heterocycles. The predicted octanol–water partition coefficient (Wildman–Crippen LogP) is 2.20. The Morgan fingerprint density at radius 3 is 2.33 bits per heavy atom. The third kappa shape index (κ3) is 6.47. The van der Waals surface area contributed by atoms with E-state index in [2.05, 4.69) is 5.32 Å². The summed E-state index contributed by atoms with van der Waals surface area (Å²) in [7, 11) is 3.98. The highest BCUT2D eigenvalue weighted by molar-refractivity contribution is 5.74. The quantitative estimate of drug-likeness (QED) is 0.650. The molecular weight excluding hydrogens is 342 g/mol. The van der Waals surface area contributed by atoms with Crippen LogP contribution in [0.25, 0.3) is 0 Å². The van der Waals surface area contributed by atoms with Crippen molar-refractivity contribution in [2.45, 2.75) is 26.8 Å². The van der Waals surface area contributed by atoms with Gasteiger partial charge in [-0.2, -0.15) is 4.57 Å². The van der Waals surface area contributed by atoms with Crippen LogP contribution in [-0.4, -0.2) is 39.8 Å². The number of anilines is 1. The number of hydrogen-bond acceptors (Lipinski definition) is 4. The number of amides is 1. The molecule has 0 aliphatic rings. The number of carbonyl (C=O) groups excluding carboxylic acids is 1. The van der Waals surface area contributed by atoms with Crippen LogP contribution in [-0.2, 0) is 17.8 Å². The van der Waals surface area contributed by atoms with Gasteiger partial charge in [-0.1, -0.05) is 6.07 Å². The summed E-state index contributed by atoms with van der Waals surface area (Å²) in [4.78, 5) is 14.2. The zero-order valence-corrected chi connectivity index (χ0v) is 16.7. The Bertz CT molecular complexity index is 730. The van der Waals surface area contributed by atoms with Crippen molar-refractivity contribution in [1.82, 2.24) is 5.32 Å². The second-order valence-corrected chi connectivity index (χ2v) is 6.37. The Morgan fingerprint density at radius 2 is 1.70 bits per heavy atom. The lowest BCUT2D eigenvalue weighted by atomic mass is 10.1. The molecule has 0 saturated heterocycles. The Morgan fingerprint density at radius 1 is 1.04 bits per heavy atom. The molecule has 1 aromatic carbocycles. The van der Waals surface area contributed by atoms with Gasteiger partial charge in [0, 0.05) is 38.5 Å². The van der Waals surface area contributed by atoms with E-state index < -0.39 is 0 Å². The minimum absolute atomic E-state index is 0.00595. The second kappa shape index (κ2) is 10.4. The number of nitrogens with one attached hydrogen (secondary N) is 1. The fourth-order valence-electron chi connectivity index (χ4n) is 2.67. The van der Waals surface area contributed by atoms with Crippen molar-refractivity contribution < 1.29 is 18.8 Å². The molecule has 0 unspecified atom stereocenters. The molecule has 6 heteroatoms. The monoisotopic (exact) mass is 372 g/mol. The number of pyridine rings is 1. The zero-order chi connectivity index (χ0) is 19.6. The summed E-state index contributed by atoms with van der Waals surface area (Å²) in [6.45, 7) is 5.97. The molecule has 0 bridgehead atoms. The van der Waals surface area contributed by atoms with Gasteiger partial charge in [0.25, 0.3) is 5.91 Å². The molecule has 1 amide bonds. The van der Waals surface area contributed by atoms with E-state index in [0.717, 1.165) is 29.2 Å². The minimum atomic E-state index is -0.00595. The van der Waals surface area contributed by atoms with Gasteiger partial charge in [0.2, 0.25) is 6.54 Å². The lowest BCUT2D eigenvalue weighted by molar-refractivity contribution is -0.684. The number of benzene rings is 1. The van der Waals surface area contributed by atoms with Crippen molar-refractivity contribution in [2.75, 3.05) is 38.8 Å². The zero-order valence-electron chi connectivity index (χ0n) is 16.7. The maximum absolute atomic E-state index is 12.1. The first kappa shape index (κ1) is 20.6. The number of ether oxygens (including phenoxy) is 2. The molecule has 0 radical (unpaired) electrons. The molecule has 1 heterocycles. The first-order chi connectivity index (χ1) is 13.0. The lowest BCUT2D eigenvalue weighted by Crippen LogP contribution is -2.42. The van der Waals surface area contributed by atoms with E-state index >= 15 is 0 Å². The van der Waals surface area contributed by atoms with Crippen molar-refractivity contribution in [2.24, 2.45) is 0 Å². The highest BCUT2D eigenvalue weighted by Gasteiger charge is 2.10. The Kier molecular flexibility index (Phi) is 7.92. The Hall–Kier alpha value is -2.76. The first-order valence-corrected chi connectivity index (χ1v) is 9.35. The molecule has 0 fully saturated rings. The maximum Gasteiger partial charge on any atom is 0.285 e. The normalized spacial score (nSPS) is 10.4. The van der Waals surface area contributed by atoms with Crippen LogP contribution in [0.4, 0.5) is 5.69 Å². The average Bonchev–Trinajstić information content (AvgIpc) is 2.64. The molecule has 27 heavy (non-hydrogen) atoms. The average molecular weight is 372 g/mol. The Labute approximate surface area is 161 Å². The molecule has 146 valence electrons. The summed E-state index contributed by atoms with van der Waals surface area (Å²) in [5.74, 6) is 1.50. The SMILES string of the molecule is CCOc1ccc(CCNC(=O)C[n+]2ccc(N(C)C)cc2)cc1OCC. The van der Waals surface area contributed by atoms with Crippen LogP contribution in [0.1, 0.15) is 19.4 Å². The van der Waals surface area contributed by atoms with E-state index in [1.54, 1.807) is 0 Å². The van der Waals surface area contributed by atoms with Crippen LogP contribution in [0, 0.1) is 0 Å². The first-order valence-electron chi connectivity index (χ1n) is 9.35. The van der Waals surface area contributed by atoms with Crippen LogP contribution in [0.15, 0.2) is 42.7 Å². The second-order valence-electron chi connectivity index (χ2n) is 6.37. The van der Waals surface area contributed by atoms with E-state index in [0.29, 0.717) is 26.3 Å². The molecule has 0 atom stereocenters. The van der Waals surface area contributed by atoms with Gasteiger partial charge in [-0.05, 0) is 38.0 Å². The number of rotatable bonds is 10. The highest BCUT2D eigenvalue weighted by Crippen LogP contribution is 2.28. The van der Waals surface area contributed by atoms with Gasteiger partial charge in [0.15, 0.2) is 23.9 Å². The third-order valence-corrected chi connectivity index (χ3v) is 4.06. The summed E-state index contributed by atoms with van der Waals surface area (Å²) in [6, 6.07) is 9.89. The van der Waals surface area contributed by atoms with Crippen LogP contribution in [0.2, 0.25) is 0 Å². The fraction of sp³-hybridized carbons (Fsp3) is 0.429. The molecule has 2 rings (SSSR count). The van der Waals surface area contributed by atoms with E-state index in [4.69, 9.17) is 9.47 Å². The van der Waals surface area contributed by atoms with Gasteiger partial charge in [-0.3, -0.25) is 4.79 Å². The standard InChI is InChI=1S/C21H29N3O3/c1-5-26-19-8-7-17(15-20(19)27-6-2)9-12-22-21(25)16-24-13-10-18(11-14-24)23(3)4/h7-8,10-11,13-15H,5-6,9,12,16H2,1-4H3/p+1. The van der Waals surface area contributed by atoms with Crippen LogP contribution >= 0.6 is 0 Å². The van der Waals surface area contributed by atoms with Crippen LogP contribution in [0.5, 0.6) is 11.5 Å². The summed E-state index contributed by atoms with van der Waals surface area (Å²) in [6.07, 6.45) is 4.56. The van der Waals surface area contributed by atoms with E-state index in [1.807, 2.05) is 80.1 Å². The van der Waals surface area contributed by atoms with Crippen LogP contribution < -0.4 is 24.3 Å². The highest BCUT2D eigenvalue weighted by atomic mass is 16.5. The molecule has 0 saturated carbocycles. The molecule has 0 spiro atoms. The van der Waals surface area contributed by atoms with E-state index in [-0.39, 0.29) is 5.91 Å². The van der Waals surface area contributed by atoms with Gasteiger partial charge in [0.05, 0.1) is 13.2 Å². The number of hydrogen-bond donors (Lipinski definition) is 1. The van der Waals surface area contributed by atoms with Crippen molar-refractivity contribution in [1.29, 1.82) is 0 Å². The number of aromatic nitrogens is 1. The van der Waals surface area contributed by atoms with E-state index in [1.165, 1.54) is 0 Å². The Balaban J connectivity index is 1.84. The lowest BCUT2D eigenvalue weighted by Gasteiger charge is -2.12. The fourth-order valence-corrected chi connectivity index (χ4v) is 2.67. The molecule has 2 aromatic rings. The summed E-state index contributed by atoms with van der Waals surface area (Å²) in [5, 5.41) is 2.97. The summed E-state index contributed by atoms with van der Waals surface area (Å²) < 4.78 is 13.1. The van der Waals surface area contributed by atoms with E-state index in [9.17, 15) is 4.79 Å². The largest absolute Gasteiger partial charge is 0.490 e. The molecule has 1 N–H and O–H groups in total. The van der Waals surface area contributed by atoms with Crippen molar-refractivity contribution in [3.05, 3.63) is 48.3 Å². The van der Waals surface area contributed by atoms with Crippen molar-refractivity contribution in [3.8, 4) is 11.5 Å². The van der Waals surface area contributed by atoms with Crippen molar-refractivity contribution >= 4 is 11.6 Å². The molecule has 6 nitrogen and oxygen atoms in total. The van der Waals surface area contributed by atoms with Gasteiger partial charge in [0.1, 0.15) is 0 Å². The minimum Gasteiger partial charge on any atom is -0.490 e. The third-order valence-electron chi connectivity index (χ3n) is 4.06. The number of carbonyl (C=O) groups is 1. The summed E-state index contributed by atoms with van der Waals surface area (Å²) >= 11 is 0. The number of nitrogens with zero attached hydrogens (tertiary/aromatic N) is 2. The maximum atomic E-state index is 12.1. The van der Waals surface area contributed by atoms with Crippen LogP contribution in [0.3, 0.4) is 0 Å².